The van der Waals surface area contributed by atoms with Gasteiger partial charge < -0.3 is 18.8 Å². The number of pyridine rings is 1. The van der Waals surface area contributed by atoms with Gasteiger partial charge in [-0.05, 0) is 26.8 Å². The first-order chi connectivity index (χ1) is 10.5. The molecule has 116 valence electrons. The second-order valence-corrected chi connectivity index (χ2v) is 5.72. The molecule has 1 aliphatic heterocycles. The zero-order valence-electron chi connectivity index (χ0n) is 12.7. The topological polar surface area (TPSA) is 49.7 Å². The lowest BCUT2D eigenvalue weighted by molar-refractivity contribution is 0.0525. The summed E-state index contributed by atoms with van der Waals surface area (Å²) >= 11 is 5.49. The van der Waals surface area contributed by atoms with Crippen molar-refractivity contribution in [2.24, 2.45) is 0 Å². The van der Waals surface area contributed by atoms with E-state index in [0.717, 1.165) is 10.9 Å². The van der Waals surface area contributed by atoms with Crippen LogP contribution in [0.1, 0.15) is 37.2 Å². The van der Waals surface area contributed by atoms with Gasteiger partial charge in [-0.1, -0.05) is 12.2 Å². The van der Waals surface area contributed by atoms with Gasteiger partial charge in [0.15, 0.2) is 11.5 Å². The second kappa shape index (κ2) is 5.61. The number of benzene rings is 1. The summed E-state index contributed by atoms with van der Waals surface area (Å²) in [6, 6.07) is 3.90. The zero-order valence-corrected chi connectivity index (χ0v) is 13.5. The highest BCUT2D eigenvalue weighted by Crippen LogP contribution is 2.37. The number of esters is 1. The molecule has 0 saturated carbocycles. The van der Waals surface area contributed by atoms with E-state index in [9.17, 15) is 4.79 Å². The van der Waals surface area contributed by atoms with Crippen molar-refractivity contribution in [3.63, 3.8) is 0 Å². The van der Waals surface area contributed by atoms with Gasteiger partial charge in [-0.25, -0.2) is 4.79 Å². The monoisotopic (exact) mass is 319 g/mol. The number of nitrogens with zero attached hydrogens (tertiary/aromatic N) is 1. The van der Waals surface area contributed by atoms with Gasteiger partial charge in [-0.2, -0.15) is 0 Å². The summed E-state index contributed by atoms with van der Waals surface area (Å²) < 4.78 is 18.4. The molecule has 0 fully saturated rings. The Morgan fingerprint density at radius 1 is 1.36 bits per heavy atom. The Morgan fingerprint density at radius 2 is 2.05 bits per heavy atom. The van der Waals surface area contributed by atoms with E-state index < -0.39 is 5.97 Å². The summed E-state index contributed by atoms with van der Waals surface area (Å²) in [5.41, 5.74) is 1.31. The molecule has 0 amide bonds. The van der Waals surface area contributed by atoms with Gasteiger partial charge in [0.25, 0.3) is 0 Å². The first-order valence-electron chi connectivity index (χ1n) is 7.18. The first-order valence-corrected chi connectivity index (χ1v) is 7.59. The summed E-state index contributed by atoms with van der Waals surface area (Å²) in [6.07, 6.45) is 1.76. The molecule has 2 aromatic rings. The van der Waals surface area contributed by atoms with E-state index in [4.69, 9.17) is 26.4 Å². The van der Waals surface area contributed by atoms with Crippen LogP contribution in [0.3, 0.4) is 0 Å². The van der Waals surface area contributed by atoms with Crippen LogP contribution < -0.4 is 9.47 Å². The van der Waals surface area contributed by atoms with Gasteiger partial charge in [0.1, 0.15) is 0 Å². The second-order valence-electron chi connectivity index (χ2n) is 5.32. The molecule has 0 spiro atoms. The number of ether oxygens (including phenoxy) is 3. The molecule has 1 aromatic heterocycles. The van der Waals surface area contributed by atoms with Crippen molar-refractivity contribution in [2.75, 3.05) is 13.4 Å². The number of rotatable bonds is 3. The lowest BCUT2D eigenvalue weighted by Gasteiger charge is -2.17. The number of carbonyl (C=O) groups excluding carboxylic acids is 1. The summed E-state index contributed by atoms with van der Waals surface area (Å²) in [4.78, 5) is 12.2. The maximum atomic E-state index is 12.2. The predicted octanol–water partition coefficient (Wildman–Crippen LogP) is 3.86. The molecule has 0 unspecified atom stereocenters. The van der Waals surface area contributed by atoms with E-state index in [1.165, 1.54) is 0 Å². The fourth-order valence-electron chi connectivity index (χ4n) is 2.52. The summed E-state index contributed by atoms with van der Waals surface area (Å²) in [5, 5.41) is 0.790. The van der Waals surface area contributed by atoms with Crippen LogP contribution in [0.4, 0.5) is 0 Å². The van der Waals surface area contributed by atoms with Gasteiger partial charge in [0.05, 0.1) is 22.2 Å². The van der Waals surface area contributed by atoms with Crippen molar-refractivity contribution in [1.29, 1.82) is 0 Å². The van der Waals surface area contributed by atoms with E-state index in [2.05, 4.69) is 0 Å². The molecule has 3 rings (SSSR count). The lowest BCUT2D eigenvalue weighted by atomic mass is 10.1. The van der Waals surface area contributed by atoms with Gasteiger partial charge in [0.2, 0.25) is 6.79 Å². The molecule has 1 aromatic carbocycles. The average molecular weight is 319 g/mol. The number of hydrogen-bond acceptors (Lipinski definition) is 5. The van der Waals surface area contributed by atoms with Crippen LogP contribution in [0.5, 0.6) is 11.5 Å². The fourth-order valence-corrected chi connectivity index (χ4v) is 2.82. The van der Waals surface area contributed by atoms with Crippen molar-refractivity contribution in [3.8, 4) is 11.5 Å². The molecule has 6 heteroatoms. The van der Waals surface area contributed by atoms with Gasteiger partial charge in [-0.3, -0.25) is 0 Å². The molecule has 0 saturated heterocycles. The average Bonchev–Trinajstić information content (AvgIpc) is 2.93. The Hall–Kier alpha value is -2.08. The normalized spacial score (nSPS) is 12.9. The third-order valence-electron chi connectivity index (χ3n) is 3.58. The van der Waals surface area contributed by atoms with E-state index in [1.54, 1.807) is 13.1 Å². The van der Waals surface area contributed by atoms with Crippen LogP contribution in [0.2, 0.25) is 0 Å². The number of carbonyl (C=O) groups is 1. The molecule has 0 atom stereocenters. The molecule has 1 aliphatic rings. The zero-order chi connectivity index (χ0) is 15.9. The SMILES string of the molecule is CCOC(=O)c1cn(C(C)C)c2cc3c(cc2c1=S)OCO3. The Morgan fingerprint density at radius 3 is 2.68 bits per heavy atom. The van der Waals surface area contributed by atoms with Crippen molar-refractivity contribution >= 4 is 29.1 Å². The number of fused-ring (bicyclic) bond motifs is 2. The van der Waals surface area contributed by atoms with Crippen LogP contribution in [0, 0.1) is 4.51 Å². The Kier molecular flexibility index (Phi) is 3.78. The van der Waals surface area contributed by atoms with Crippen LogP contribution >= 0.6 is 12.2 Å². The third kappa shape index (κ3) is 2.33. The molecular formula is C16H17NO4S. The highest BCUT2D eigenvalue weighted by atomic mass is 32.1. The Bertz CT molecular complexity index is 810. The quantitative estimate of drug-likeness (QED) is 0.635. The highest BCUT2D eigenvalue weighted by Gasteiger charge is 2.20. The number of hydrogen-bond donors (Lipinski definition) is 0. The van der Waals surface area contributed by atoms with E-state index in [0.29, 0.717) is 28.2 Å². The molecule has 0 aliphatic carbocycles. The molecule has 0 bridgehead atoms. The van der Waals surface area contributed by atoms with Crippen LogP contribution in [0.25, 0.3) is 10.9 Å². The minimum absolute atomic E-state index is 0.159. The minimum Gasteiger partial charge on any atom is -0.462 e. The van der Waals surface area contributed by atoms with E-state index >= 15 is 0 Å². The molecule has 5 nitrogen and oxygen atoms in total. The maximum Gasteiger partial charge on any atom is 0.341 e. The van der Waals surface area contributed by atoms with Crippen LogP contribution in [-0.2, 0) is 4.74 Å². The molecule has 22 heavy (non-hydrogen) atoms. The van der Waals surface area contributed by atoms with E-state index in [1.807, 2.05) is 30.5 Å². The minimum atomic E-state index is -0.401. The van der Waals surface area contributed by atoms with Crippen molar-refractivity contribution < 1.29 is 19.0 Å². The van der Waals surface area contributed by atoms with Crippen molar-refractivity contribution in [1.82, 2.24) is 4.57 Å². The molecule has 2 heterocycles. The fraction of sp³-hybridized carbons (Fsp3) is 0.375. The number of aromatic nitrogens is 1. The Labute approximate surface area is 133 Å². The van der Waals surface area contributed by atoms with Crippen molar-refractivity contribution in [3.05, 3.63) is 28.4 Å². The maximum absolute atomic E-state index is 12.2. The molecule has 0 radical (unpaired) electrons. The lowest BCUT2D eigenvalue weighted by Crippen LogP contribution is -2.11. The smallest absolute Gasteiger partial charge is 0.341 e. The molecular weight excluding hydrogens is 302 g/mol. The van der Waals surface area contributed by atoms with Crippen LogP contribution in [-0.4, -0.2) is 23.9 Å². The summed E-state index contributed by atoms with van der Waals surface area (Å²) in [6.45, 7) is 6.37. The first kappa shape index (κ1) is 14.8. The summed E-state index contributed by atoms with van der Waals surface area (Å²) in [5.74, 6) is 0.941. The highest BCUT2D eigenvalue weighted by molar-refractivity contribution is 7.71. The van der Waals surface area contributed by atoms with Crippen LogP contribution in [0.15, 0.2) is 18.3 Å². The van der Waals surface area contributed by atoms with Gasteiger partial charge >= 0.3 is 5.97 Å². The van der Waals surface area contributed by atoms with Gasteiger partial charge in [0, 0.05) is 23.7 Å². The predicted molar refractivity (Wildman–Crippen MR) is 85.2 cm³/mol. The third-order valence-corrected chi connectivity index (χ3v) is 4.02. The summed E-state index contributed by atoms with van der Waals surface area (Å²) in [7, 11) is 0. The standard InChI is InChI=1S/C16H17NO4S/c1-4-19-16(18)11-7-17(9(2)3)12-6-14-13(20-8-21-14)5-10(12)15(11)22/h5-7,9H,4,8H2,1-3H3. The Balaban J connectivity index is 2.32. The largest absolute Gasteiger partial charge is 0.462 e. The van der Waals surface area contributed by atoms with Gasteiger partial charge in [-0.15, -0.1) is 0 Å². The molecule has 0 N–H and O–H groups in total. The van der Waals surface area contributed by atoms with E-state index in [-0.39, 0.29) is 12.8 Å². The van der Waals surface area contributed by atoms with Crippen molar-refractivity contribution in [2.45, 2.75) is 26.8 Å².